The predicted octanol–water partition coefficient (Wildman–Crippen LogP) is 6.64. The molecule has 0 aliphatic heterocycles. The second kappa shape index (κ2) is 17.9. The van der Waals surface area contributed by atoms with Gasteiger partial charge < -0.3 is 19.8 Å². The Bertz CT molecular complexity index is 1380. The number of benzene rings is 2. The van der Waals surface area contributed by atoms with E-state index < -0.39 is 11.9 Å². The highest BCUT2D eigenvalue weighted by atomic mass is 16.5. The van der Waals surface area contributed by atoms with Crippen LogP contribution in [0.4, 0.5) is 5.69 Å². The lowest BCUT2D eigenvalue weighted by Crippen LogP contribution is -2.40. The van der Waals surface area contributed by atoms with Crippen molar-refractivity contribution in [3.63, 3.8) is 0 Å². The van der Waals surface area contributed by atoms with Gasteiger partial charge in [0.15, 0.2) is 0 Å². The normalized spacial score (nSPS) is 11.0. The fraction of sp³-hybridized carbons (Fsp3) is 0.529. The van der Waals surface area contributed by atoms with Crippen molar-refractivity contribution in [2.45, 2.75) is 90.4 Å². The summed E-state index contributed by atoms with van der Waals surface area (Å²) in [5.74, 6) is -0.151. The Hall–Kier alpha value is -3.88. The zero-order chi connectivity index (χ0) is 31.0. The maximum Gasteiger partial charge on any atom is 0.338 e. The number of rotatable bonds is 19. The topological polar surface area (TPSA) is 103 Å². The van der Waals surface area contributed by atoms with Crippen LogP contribution in [0.25, 0.3) is 10.9 Å². The Kier molecular flexibility index (Phi) is 14.0. The summed E-state index contributed by atoms with van der Waals surface area (Å²) in [6, 6.07) is 11.8. The van der Waals surface area contributed by atoms with E-state index in [1.54, 1.807) is 61.6 Å². The van der Waals surface area contributed by atoms with Crippen LogP contribution < -0.4 is 20.6 Å². The molecular weight excluding hydrogens is 544 g/mol. The van der Waals surface area contributed by atoms with Crippen molar-refractivity contribution in [3.05, 3.63) is 64.2 Å². The second-order valence-electron chi connectivity index (χ2n) is 11.2. The molecule has 0 radical (unpaired) electrons. The first kappa shape index (κ1) is 33.6. The van der Waals surface area contributed by atoms with E-state index in [1.807, 2.05) is 0 Å². The van der Waals surface area contributed by atoms with Gasteiger partial charge in [0.1, 0.15) is 11.6 Å². The van der Waals surface area contributed by atoms with Gasteiger partial charge in [-0.3, -0.25) is 9.59 Å². The number of nitrogens with one attached hydrogen (secondary N) is 1. The van der Waals surface area contributed by atoms with Crippen LogP contribution in [0.1, 0.15) is 100 Å². The third-order valence-corrected chi connectivity index (χ3v) is 7.48. The maximum absolute atomic E-state index is 13.1. The van der Waals surface area contributed by atoms with Crippen molar-refractivity contribution in [1.29, 1.82) is 0 Å². The SMILES string of the molecule is CCCCCCCCCCCCCCOC(=O)c1ccc(OC)c(NC(=O)Cc2nc3ccccc3c(=O)n2N(C)C)c1. The van der Waals surface area contributed by atoms with E-state index in [1.165, 1.54) is 69.6 Å². The Labute approximate surface area is 255 Å². The van der Waals surface area contributed by atoms with Crippen molar-refractivity contribution < 1.29 is 19.1 Å². The molecule has 0 bridgehead atoms. The van der Waals surface area contributed by atoms with Gasteiger partial charge in [0.05, 0.1) is 42.3 Å². The molecule has 0 aliphatic carbocycles. The third-order valence-electron chi connectivity index (χ3n) is 7.48. The van der Waals surface area contributed by atoms with Gasteiger partial charge in [0, 0.05) is 14.1 Å². The highest BCUT2D eigenvalue weighted by Gasteiger charge is 2.18. The molecule has 1 N–H and O–H groups in total. The van der Waals surface area contributed by atoms with E-state index in [0.29, 0.717) is 40.3 Å². The van der Waals surface area contributed by atoms with Gasteiger partial charge in [-0.1, -0.05) is 89.7 Å². The number of esters is 1. The van der Waals surface area contributed by atoms with Crippen LogP contribution in [0.5, 0.6) is 5.75 Å². The zero-order valence-electron chi connectivity index (χ0n) is 26.3. The number of carbonyl (C=O) groups excluding carboxylic acids is 2. The highest BCUT2D eigenvalue weighted by molar-refractivity contribution is 5.97. The number of hydrogen-bond acceptors (Lipinski definition) is 7. The van der Waals surface area contributed by atoms with Crippen LogP contribution in [0.3, 0.4) is 0 Å². The minimum atomic E-state index is -0.445. The van der Waals surface area contributed by atoms with Crippen molar-refractivity contribution in [2.75, 3.05) is 38.1 Å². The van der Waals surface area contributed by atoms with Gasteiger partial charge >= 0.3 is 5.97 Å². The summed E-state index contributed by atoms with van der Waals surface area (Å²) in [7, 11) is 4.93. The molecule has 0 unspecified atom stereocenters. The van der Waals surface area contributed by atoms with Gasteiger partial charge in [0.2, 0.25) is 5.91 Å². The molecule has 1 heterocycles. The van der Waals surface area contributed by atoms with E-state index in [4.69, 9.17) is 9.47 Å². The van der Waals surface area contributed by atoms with Crippen LogP contribution in [0, 0.1) is 0 Å². The molecule has 2 aromatic carbocycles. The van der Waals surface area contributed by atoms with E-state index in [2.05, 4.69) is 17.2 Å². The van der Waals surface area contributed by atoms with Crippen molar-refractivity contribution in [1.82, 2.24) is 9.66 Å². The Morgan fingerprint density at radius 1 is 0.884 bits per heavy atom. The lowest BCUT2D eigenvalue weighted by atomic mass is 10.1. The van der Waals surface area contributed by atoms with E-state index in [0.717, 1.165) is 19.3 Å². The zero-order valence-corrected chi connectivity index (χ0v) is 26.3. The Morgan fingerprint density at radius 3 is 2.14 bits per heavy atom. The number of hydrogen-bond donors (Lipinski definition) is 1. The highest BCUT2D eigenvalue weighted by Crippen LogP contribution is 2.26. The molecule has 0 spiro atoms. The molecule has 1 aromatic heterocycles. The number of unbranched alkanes of at least 4 members (excludes halogenated alkanes) is 11. The molecular formula is C34H48N4O5. The van der Waals surface area contributed by atoms with Crippen LogP contribution in [-0.4, -0.2) is 49.3 Å². The summed E-state index contributed by atoms with van der Waals surface area (Å²) >= 11 is 0. The molecule has 9 nitrogen and oxygen atoms in total. The monoisotopic (exact) mass is 592 g/mol. The number of methoxy groups -OCH3 is 1. The van der Waals surface area contributed by atoms with Crippen LogP contribution in [0.2, 0.25) is 0 Å². The Morgan fingerprint density at radius 2 is 1.51 bits per heavy atom. The van der Waals surface area contributed by atoms with Gasteiger partial charge in [-0.15, -0.1) is 0 Å². The molecule has 0 atom stereocenters. The minimum absolute atomic E-state index is 0.158. The molecule has 0 aliphatic rings. The largest absolute Gasteiger partial charge is 0.495 e. The fourth-order valence-electron chi connectivity index (χ4n) is 5.16. The molecule has 43 heavy (non-hydrogen) atoms. The molecule has 3 aromatic rings. The second-order valence-corrected chi connectivity index (χ2v) is 11.2. The molecule has 0 fully saturated rings. The predicted molar refractivity (Wildman–Crippen MR) is 173 cm³/mol. The number of anilines is 1. The van der Waals surface area contributed by atoms with Gasteiger partial charge in [-0.05, 0) is 36.8 Å². The summed E-state index contributed by atoms with van der Waals surface area (Å²) in [6.45, 7) is 2.61. The van der Waals surface area contributed by atoms with Gasteiger partial charge in [-0.2, -0.15) is 0 Å². The van der Waals surface area contributed by atoms with Crippen molar-refractivity contribution in [3.8, 4) is 5.75 Å². The van der Waals surface area contributed by atoms with Crippen molar-refractivity contribution >= 4 is 28.5 Å². The van der Waals surface area contributed by atoms with Crippen LogP contribution in [0.15, 0.2) is 47.3 Å². The molecule has 0 saturated heterocycles. The van der Waals surface area contributed by atoms with Gasteiger partial charge in [0.25, 0.3) is 5.56 Å². The summed E-state index contributed by atoms with van der Waals surface area (Å²) in [4.78, 5) is 43.5. The molecule has 1 amide bonds. The first-order valence-corrected chi connectivity index (χ1v) is 15.7. The molecule has 9 heteroatoms. The maximum atomic E-state index is 13.1. The fourth-order valence-corrected chi connectivity index (χ4v) is 5.16. The Balaban J connectivity index is 1.49. The number of aromatic nitrogens is 2. The lowest BCUT2D eigenvalue weighted by molar-refractivity contribution is -0.115. The first-order chi connectivity index (χ1) is 20.8. The average molecular weight is 593 g/mol. The number of fused-ring (bicyclic) bond motifs is 1. The standard InChI is InChI=1S/C34H48N4O5/c1-5-6-7-8-9-10-11-12-13-14-15-18-23-43-34(41)26-21-22-30(42-4)29(24-26)36-32(39)25-31-35-28-20-17-16-19-27(28)33(40)38(31)37(2)3/h16-17,19-22,24H,5-15,18,23,25H2,1-4H3,(H,36,39). The summed E-state index contributed by atoms with van der Waals surface area (Å²) in [5, 5.41) is 4.88. The number of para-hydroxylation sites is 1. The minimum Gasteiger partial charge on any atom is -0.495 e. The summed E-state index contributed by atoms with van der Waals surface area (Å²) in [6.07, 6.45) is 14.7. The van der Waals surface area contributed by atoms with Crippen LogP contribution >= 0.6 is 0 Å². The van der Waals surface area contributed by atoms with Gasteiger partial charge in [-0.25, -0.2) is 14.5 Å². The first-order valence-electron chi connectivity index (χ1n) is 15.7. The quantitative estimate of drug-likeness (QED) is 0.123. The number of ether oxygens (including phenoxy) is 2. The van der Waals surface area contributed by atoms with E-state index in [-0.39, 0.29) is 12.0 Å². The summed E-state index contributed by atoms with van der Waals surface area (Å²) < 4.78 is 12.3. The summed E-state index contributed by atoms with van der Waals surface area (Å²) in [5.41, 5.74) is 0.925. The van der Waals surface area contributed by atoms with E-state index in [9.17, 15) is 14.4 Å². The molecule has 0 saturated carbocycles. The number of amides is 1. The average Bonchev–Trinajstić information content (AvgIpc) is 2.99. The van der Waals surface area contributed by atoms with Crippen molar-refractivity contribution in [2.24, 2.45) is 0 Å². The van der Waals surface area contributed by atoms with Crippen LogP contribution in [-0.2, 0) is 16.0 Å². The van der Waals surface area contributed by atoms with E-state index >= 15 is 0 Å². The molecule has 234 valence electrons. The smallest absolute Gasteiger partial charge is 0.338 e. The molecule has 3 rings (SSSR count). The number of carbonyl (C=O) groups is 2. The number of nitrogens with zero attached hydrogens (tertiary/aromatic N) is 3. The third kappa shape index (κ3) is 10.4. The lowest BCUT2D eigenvalue weighted by Gasteiger charge is -2.20.